The predicted octanol–water partition coefficient (Wildman–Crippen LogP) is 3.39. The zero-order valence-electron chi connectivity index (χ0n) is 12.9. The number of carbonyl (C=O) groups is 1. The molecule has 0 aromatic heterocycles. The van der Waals surface area contributed by atoms with Crippen molar-refractivity contribution in [3.8, 4) is 0 Å². The van der Waals surface area contributed by atoms with E-state index in [0.717, 1.165) is 35.8 Å². The zero-order chi connectivity index (χ0) is 16.4. The highest BCUT2D eigenvalue weighted by Gasteiger charge is 2.23. The highest BCUT2D eigenvalue weighted by Crippen LogP contribution is 2.35. The molecular weight excluding hydrogens is 308 g/mol. The van der Waals surface area contributed by atoms with E-state index in [2.05, 4.69) is 6.07 Å². The SMILES string of the molecule is CS(=O)(=O)c1ccc(/C=C2/c3ccccc3CCC2C=O)cc1. The van der Waals surface area contributed by atoms with Crippen LogP contribution in [0.3, 0.4) is 0 Å². The zero-order valence-corrected chi connectivity index (χ0v) is 13.7. The van der Waals surface area contributed by atoms with Crippen LogP contribution in [0.15, 0.2) is 53.4 Å². The van der Waals surface area contributed by atoms with Crippen molar-refractivity contribution in [3.05, 3.63) is 65.2 Å². The van der Waals surface area contributed by atoms with Gasteiger partial charge < -0.3 is 4.79 Å². The third-order valence-electron chi connectivity index (χ3n) is 4.25. The minimum atomic E-state index is -3.19. The third kappa shape index (κ3) is 3.27. The molecule has 1 aliphatic carbocycles. The molecule has 0 fully saturated rings. The minimum absolute atomic E-state index is 0.112. The van der Waals surface area contributed by atoms with Crippen LogP contribution in [0, 0.1) is 5.92 Å². The second kappa shape index (κ2) is 6.13. The van der Waals surface area contributed by atoms with Crippen LogP contribution in [0.25, 0.3) is 11.6 Å². The fourth-order valence-electron chi connectivity index (χ4n) is 3.00. The molecule has 0 aliphatic heterocycles. The van der Waals surface area contributed by atoms with Gasteiger partial charge in [0.2, 0.25) is 0 Å². The van der Waals surface area contributed by atoms with Crippen molar-refractivity contribution in [1.82, 2.24) is 0 Å². The van der Waals surface area contributed by atoms with Crippen molar-refractivity contribution >= 4 is 27.8 Å². The lowest BCUT2D eigenvalue weighted by molar-refractivity contribution is -0.109. The molecule has 1 unspecified atom stereocenters. The summed E-state index contributed by atoms with van der Waals surface area (Å²) in [6, 6.07) is 14.9. The summed E-state index contributed by atoms with van der Waals surface area (Å²) in [6.07, 6.45) is 5.91. The Hall–Kier alpha value is -2.20. The largest absolute Gasteiger partial charge is 0.303 e. The normalized spacial score (nSPS) is 19.3. The van der Waals surface area contributed by atoms with Crippen LogP contribution in [0.2, 0.25) is 0 Å². The van der Waals surface area contributed by atoms with Crippen LogP contribution in [0.4, 0.5) is 0 Å². The standard InChI is InChI=1S/C19H18O3S/c1-23(21,22)17-10-6-14(7-11-17)12-19-16(13-20)9-8-15-4-2-3-5-18(15)19/h2-7,10-13,16H,8-9H2,1H3/b19-12+. The van der Waals surface area contributed by atoms with Gasteiger partial charge in [-0.05, 0) is 47.2 Å². The highest BCUT2D eigenvalue weighted by molar-refractivity contribution is 7.90. The van der Waals surface area contributed by atoms with E-state index in [1.54, 1.807) is 24.3 Å². The van der Waals surface area contributed by atoms with Gasteiger partial charge in [0.15, 0.2) is 9.84 Å². The summed E-state index contributed by atoms with van der Waals surface area (Å²) < 4.78 is 23.1. The molecule has 0 saturated heterocycles. The van der Waals surface area contributed by atoms with Gasteiger partial charge in [-0.1, -0.05) is 42.5 Å². The van der Waals surface area contributed by atoms with Crippen molar-refractivity contribution < 1.29 is 13.2 Å². The molecule has 118 valence electrons. The molecule has 0 heterocycles. The molecule has 3 rings (SSSR count). The summed E-state index contributed by atoms with van der Waals surface area (Å²) in [5.41, 5.74) is 4.28. The van der Waals surface area contributed by atoms with Gasteiger partial charge in [0.05, 0.1) is 4.90 Å². The average molecular weight is 326 g/mol. The summed E-state index contributed by atoms with van der Waals surface area (Å²) in [5, 5.41) is 0. The van der Waals surface area contributed by atoms with Crippen LogP contribution in [-0.4, -0.2) is 21.0 Å². The van der Waals surface area contributed by atoms with Crippen molar-refractivity contribution in [2.24, 2.45) is 5.92 Å². The van der Waals surface area contributed by atoms with Crippen LogP contribution < -0.4 is 0 Å². The molecule has 0 N–H and O–H groups in total. The number of aryl methyl sites for hydroxylation is 1. The number of rotatable bonds is 3. The first-order valence-electron chi connectivity index (χ1n) is 7.54. The van der Waals surface area contributed by atoms with Gasteiger partial charge in [-0.3, -0.25) is 0 Å². The van der Waals surface area contributed by atoms with Crippen LogP contribution in [-0.2, 0) is 21.1 Å². The molecular formula is C19H18O3S. The van der Waals surface area contributed by atoms with Crippen LogP contribution in [0.1, 0.15) is 23.1 Å². The maximum Gasteiger partial charge on any atom is 0.175 e. The topological polar surface area (TPSA) is 51.2 Å². The molecule has 0 radical (unpaired) electrons. The Bertz CT molecular complexity index is 862. The number of hydrogen-bond donors (Lipinski definition) is 0. The Kier molecular flexibility index (Phi) is 4.18. The molecule has 23 heavy (non-hydrogen) atoms. The maximum absolute atomic E-state index is 11.5. The first kappa shape index (κ1) is 15.7. The van der Waals surface area contributed by atoms with Gasteiger partial charge in [-0.15, -0.1) is 0 Å². The highest BCUT2D eigenvalue weighted by atomic mass is 32.2. The molecule has 2 aromatic rings. The monoisotopic (exact) mass is 326 g/mol. The lowest BCUT2D eigenvalue weighted by Gasteiger charge is -2.24. The fraction of sp³-hybridized carbons (Fsp3) is 0.211. The molecule has 3 nitrogen and oxygen atoms in total. The lowest BCUT2D eigenvalue weighted by Crippen LogP contribution is -2.14. The fourth-order valence-corrected chi connectivity index (χ4v) is 3.63. The molecule has 0 saturated carbocycles. The molecule has 1 atom stereocenters. The third-order valence-corrected chi connectivity index (χ3v) is 5.38. The number of sulfone groups is 1. The van der Waals surface area contributed by atoms with Gasteiger partial charge in [-0.25, -0.2) is 8.42 Å². The van der Waals surface area contributed by atoms with E-state index >= 15 is 0 Å². The quantitative estimate of drug-likeness (QED) is 0.812. The average Bonchev–Trinajstić information content (AvgIpc) is 2.55. The van der Waals surface area contributed by atoms with Crippen LogP contribution >= 0.6 is 0 Å². The number of fused-ring (bicyclic) bond motifs is 1. The Balaban J connectivity index is 2.04. The summed E-state index contributed by atoms with van der Waals surface area (Å²) >= 11 is 0. The van der Waals surface area contributed by atoms with Gasteiger partial charge >= 0.3 is 0 Å². The van der Waals surface area contributed by atoms with Gasteiger partial charge in [0.1, 0.15) is 6.29 Å². The molecule has 1 aliphatic rings. The smallest absolute Gasteiger partial charge is 0.175 e. The Labute approximate surface area is 136 Å². The second-order valence-electron chi connectivity index (χ2n) is 5.88. The predicted molar refractivity (Wildman–Crippen MR) is 91.7 cm³/mol. The lowest BCUT2D eigenvalue weighted by atomic mass is 9.79. The summed E-state index contributed by atoms with van der Waals surface area (Å²) in [5.74, 6) is -0.112. The molecule has 2 aromatic carbocycles. The van der Waals surface area contributed by atoms with E-state index in [1.165, 1.54) is 11.8 Å². The number of benzene rings is 2. The number of aldehydes is 1. The molecule has 0 amide bonds. The Morgan fingerprint density at radius 2 is 1.74 bits per heavy atom. The number of hydrogen-bond acceptors (Lipinski definition) is 3. The van der Waals surface area contributed by atoms with Crippen molar-refractivity contribution in [2.45, 2.75) is 17.7 Å². The van der Waals surface area contributed by atoms with E-state index in [0.29, 0.717) is 4.90 Å². The number of carbonyl (C=O) groups excluding carboxylic acids is 1. The van der Waals surface area contributed by atoms with Gasteiger partial charge in [-0.2, -0.15) is 0 Å². The first-order chi connectivity index (χ1) is 11.0. The van der Waals surface area contributed by atoms with Crippen molar-refractivity contribution in [3.63, 3.8) is 0 Å². The van der Waals surface area contributed by atoms with E-state index < -0.39 is 9.84 Å². The van der Waals surface area contributed by atoms with E-state index in [9.17, 15) is 13.2 Å². The molecule has 4 heteroatoms. The second-order valence-corrected chi connectivity index (χ2v) is 7.90. The minimum Gasteiger partial charge on any atom is -0.303 e. The van der Waals surface area contributed by atoms with Crippen LogP contribution in [0.5, 0.6) is 0 Å². The van der Waals surface area contributed by atoms with Gasteiger partial charge in [0.25, 0.3) is 0 Å². The van der Waals surface area contributed by atoms with E-state index in [4.69, 9.17) is 0 Å². The van der Waals surface area contributed by atoms with E-state index in [-0.39, 0.29) is 5.92 Å². The van der Waals surface area contributed by atoms with E-state index in [1.807, 2.05) is 24.3 Å². The summed E-state index contributed by atoms with van der Waals surface area (Å²) in [6.45, 7) is 0. The summed E-state index contributed by atoms with van der Waals surface area (Å²) in [4.78, 5) is 11.7. The maximum atomic E-state index is 11.5. The molecule has 0 bridgehead atoms. The number of allylic oxidation sites excluding steroid dienone is 1. The molecule has 0 spiro atoms. The summed E-state index contributed by atoms with van der Waals surface area (Å²) in [7, 11) is -3.19. The Morgan fingerprint density at radius 1 is 1.04 bits per heavy atom. The first-order valence-corrected chi connectivity index (χ1v) is 9.43. The van der Waals surface area contributed by atoms with Gasteiger partial charge in [0, 0.05) is 12.2 Å². The Morgan fingerprint density at radius 3 is 2.39 bits per heavy atom. The van der Waals surface area contributed by atoms with Crippen molar-refractivity contribution in [2.75, 3.05) is 6.26 Å². The van der Waals surface area contributed by atoms with Crippen molar-refractivity contribution in [1.29, 1.82) is 0 Å².